The van der Waals surface area contributed by atoms with Crippen molar-refractivity contribution in [2.75, 3.05) is 13.1 Å². The topological polar surface area (TPSA) is 84.3 Å². The van der Waals surface area contributed by atoms with Crippen LogP contribution >= 0.6 is 0 Å². The number of amides is 2. The molecular weight excluding hydrogens is 380 g/mol. The molecule has 0 radical (unpaired) electrons. The molecule has 0 saturated carbocycles. The summed E-state index contributed by atoms with van der Waals surface area (Å²) < 4.78 is 1.52. The van der Waals surface area contributed by atoms with Gasteiger partial charge in [0.2, 0.25) is 17.2 Å². The summed E-state index contributed by atoms with van der Waals surface area (Å²) in [6.07, 6.45) is 3.10. The highest BCUT2D eigenvalue weighted by Gasteiger charge is 2.19. The lowest BCUT2D eigenvalue weighted by Crippen LogP contribution is -2.36. The van der Waals surface area contributed by atoms with Gasteiger partial charge in [-0.3, -0.25) is 19.1 Å². The van der Waals surface area contributed by atoms with E-state index in [1.807, 2.05) is 23.1 Å². The molecule has 7 heteroatoms. The number of para-hydroxylation sites is 1. The monoisotopic (exact) mass is 404 g/mol. The maximum atomic E-state index is 12.5. The molecule has 1 aromatic heterocycles. The first-order chi connectivity index (χ1) is 14.6. The summed E-state index contributed by atoms with van der Waals surface area (Å²) >= 11 is 0. The van der Waals surface area contributed by atoms with E-state index in [-0.39, 0.29) is 23.8 Å². The van der Waals surface area contributed by atoms with Crippen molar-refractivity contribution in [2.24, 2.45) is 0 Å². The van der Waals surface area contributed by atoms with Gasteiger partial charge in [-0.1, -0.05) is 36.4 Å². The van der Waals surface area contributed by atoms with Gasteiger partial charge in [0.1, 0.15) is 6.54 Å². The molecule has 2 aromatic carbocycles. The van der Waals surface area contributed by atoms with Gasteiger partial charge in [0.15, 0.2) is 0 Å². The second kappa shape index (κ2) is 8.90. The maximum Gasteiger partial charge on any atom is 0.241 e. The van der Waals surface area contributed by atoms with Crippen LogP contribution in [0.3, 0.4) is 0 Å². The van der Waals surface area contributed by atoms with Crippen molar-refractivity contribution in [1.82, 2.24) is 20.0 Å². The molecule has 1 aliphatic rings. The third-order valence-electron chi connectivity index (χ3n) is 5.43. The van der Waals surface area contributed by atoms with E-state index >= 15 is 0 Å². The van der Waals surface area contributed by atoms with E-state index in [4.69, 9.17) is 0 Å². The predicted molar refractivity (Wildman–Crippen MR) is 114 cm³/mol. The smallest absolute Gasteiger partial charge is 0.241 e. The second-order valence-electron chi connectivity index (χ2n) is 7.47. The average molecular weight is 404 g/mol. The predicted octanol–water partition coefficient (Wildman–Crippen LogP) is 1.88. The molecule has 1 aliphatic heterocycles. The summed E-state index contributed by atoms with van der Waals surface area (Å²) in [6, 6.07) is 15.3. The number of hydrogen-bond donors (Lipinski definition) is 1. The molecule has 30 heavy (non-hydrogen) atoms. The van der Waals surface area contributed by atoms with Gasteiger partial charge in [-0.15, -0.1) is 0 Å². The molecule has 0 aliphatic carbocycles. The Kier molecular flexibility index (Phi) is 5.88. The highest BCUT2D eigenvalue weighted by Crippen LogP contribution is 2.19. The van der Waals surface area contributed by atoms with Gasteiger partial charge in [0.25, 0.3) is 0 Å². The molecule has 7 nitrogen and oxygen atoms in total. The molecule has 0 atom stereocenters. The minimum absolute atomic E-state index is 0.0254. The van der Waals surface area contributed by atoms with E-state index in [2.05, 4.69) is 22.5 Å². The number of fused-ring (bicyclic) bond motifs is 2. The zero-order chi connectivity index (χ0) is 20.9. The average Bonchev–Trinajstić information content (AvgIpc) is 2.78. The van der Waals surface area contributed by atoms with Crippen molar-refractivity contribution < 1.29 is 9.59 Å². The SMILES string of the molecule is O=C(Cn1ncc(=O)c2ccccc21)NCCCC(=O)N1CCc2ccccc2C1. The highest BCUT2D eigenvalue weighted by atomic mass is 16.2. The summed E-state index contributed by atoms with van der Waals surface area (Å²) in [4.78, 5) is 38.5. The Morgan fingerprint density at radius 3 is 2.67 bits per heavy atom. The number of aromatic nitrogens is 2. The fourth-order valence-corrected chi connectivity index (χ4v) is 3.81. The Balaban J connectivity index is 1.24. The number of carbonyl (C=O) groups excluding carboxylic acids is 2. The van der Waals surface area contributed by atoms with E-state index in [1.165, 1.54) is 22.0 Å². The maximum absolute atomic E-state index is 12.5. The number of nitrogens with one attached hydrogen (secondary N) is 1. The van der Waals surface area contributed by atoms with Crippen LogP contribution in [0.25, 0.3) is 10.9 Å². The zero-order valence-electron chi connectivity index (χ0n) is 16.7. The summed E-state index contributed by atoms with van der Waals surface area (Å²) in [7, 11) is 0. The fourth-order valence-electron chi connectivity index (χ4n) is 3.81. The lowest BCUT2D eigenvalue weighted by atomic mass is 9.99. The molecule has 0 spiro atoms. The normalized spacial score (nSPS) is 13.1. The van der Waals surface area contributed by atoms with Gasteiger partial charge in [-0.25, -0.2) is 0 Å². The number of rotatable bonds is 6. The van der Waals surface area contributed by atoms with Crippen LogP contribution in [0, 0.1) is 0 Å². The summed E-state index contributed by atoms with van der Waals surface area (Å²) in [6.45, 7) is 1.85. The van der Waals surface area contributed by atoms with Crippen molar-refractivity contribution in [1.29, 1.82) is 0 Å². The van der Waals surface area contributed by atoms with Crippen molar-refractivity contribution in [3.8, 4) is 0 Å². The number of hydrogen-bond acceptors (Lipinski definition) is 4. The number of carbonyl (C=O) groups is 2. The zero-order valence-corrected chi connectivity index (χ0v) is 16.7. The number of nitrogens with zero attached hydrogens (tertiary/aromatic N) is 3. The van der Waals surface area contributed by atoms with E-state index < -0.39 is 0 Å². The largest absolute Gasteiger partial charge is 0.354 e. The highest BCUT2D eigenvalue weighted by molar-refractivity contribution is 5.81. The molecule has 0 fully saturated rings. The summed E-state index contributed by atoms with van der Waals surface area (Å²) in [5.41, 5.74) is 2.99. The second-order valence-corrected chi connectivity index (χ2v) is 7.47. The van der Waals surface area contributed by atoms with E-state index in [0.717, 1.165) is 13.0 Å². The van der Waals surface area contributed by atoms with Gasteiger partial charge in [0, 0.05) is 31.4 Å². The molecule has 2 heterocycles. The molecule has 4 rings (SSSR count). The van der Waals surface area contributed by atoms with Gasteiger partial charge < -0.3 is 10.2 Å². The van der Waals surface area contributed by atoms with Crippen LogP contribution in [0.1, 0.15) is 24.0 Å². The van der Waals surface area contributed by atoms with Crippen LogP contribution in [0.5, 0.6) is 0 Å². The van der Waals surface area contributed by atoms with Crippen LogP contribution in [0.4, 0.5) is 0 Å². The van der Waals surface area contributed by atoms with E-state index in [9.17, 15) is 14.4 Å². The Morgan fingerprint density at radius 2 is 1.80 bits per heavy atom. The van der Waals surface area contributed by atoms with E-state index in [1.54, 1.807) is 18.2 Å². The standard InChI is InChI=1S/C23H24N4O3/c28-21-14-25-27(20-9-4-3-8-19(20)21)16-22(29)24-12-5-10-23(30)26-13-11-17-6-1-2-7-18(17)15-26/h1-4,6-9,14H,5,10-13,15-16H2,(H,24,29). The molecule has 1 N–H and O–H groups in total. The number of benzene rings is 2. The van der Waals surface area contributed by atoms with Crippen molar-refractivity contribution in [3.05, 3.63) is 76.1 Å². The molecular formula is C23H24N4O3. The van der Waals surface area contributed by atoms with Crippen molar-refractivity contribution in [2.45, 2.75) is 32.4 Å². The molecule has 0 saturated heterocycles. The first kappa shape index (κ1) is 19.8. The van der Waals surface area contributed by atoms with Gasteiger partial charge >= 0.3 is 0 Å². The Bertz CT molecular complexity index is 1140. The lowest BCUT2D eigenvalue weighted by molar-refractivity contribution is -0.132. The Labute approximate surface area is 174 Å². The van der Waals surface area contributed by atoms with Crippen molar-refractivity contribution >= 4 is 22.7 Å². The van der Waals surface area contributed by atoms with Crippen LogP contribution in [-0.4, -0.2) is 39.6 Å². The first-order valence-electron chi connectivity index (χ1n) is 10.2. The Hall–Kier alpha value is -3.48. The lowest BCUT2D eigenvalue weighted by Gasteiger charge is -2.29. The fraction of sp³-hybridized carbons (Fsp3) is 0.304. The van der Waals surface area contributed by atoms with Gasteiger partial charge in [0.05, 0.1) is 11.7 Å². The van der Waals surface area contributed by atoms with Gasteiger partial charge in [-0.2, -0.15) is 5.10 Å². The third kappa shape index (κ3) is 4.40. The molecule has 0 unspecified atom stereocenters. The third-order valence-corrected chi connectivity index (χ3v) is 5.43. The Morgan fingerprint density at radius 1 is 1.03 bits per heavy atom. The van der Waals surface area contributed by atoms with Crippen LogP contribution in [-0.2, 0) is 29.1 Å². The molecule has 2 amide bonds. The van der Waals surface area contributed by atoms with E-state index in [0.29, 0.717) is 36.8 Å². The van der Waals surface area contributed by atoms with Crippen LogP contribution in [0.2, 0.25) is 0 Å². The van der Waals surface area contributed by atoms with Gasteiger partial charge in [-0.05, 0) is 36.1 Å². The molecule has 154 valence electrons. The first-order valence-corrected chi connectivity index (χ1v) is 10.2. The summed E-state index contributed by atoms with van der Waals surface area (Å²) in [5.74, 6) is -0.0810. The molecule has 3 aromatic rings. The quantitative estimate of drug-likeness (QED) is 0.636. The van der Waals surface area contributed by atoms with Crippen LogP contribution < -0.4 is 10.7 Å². The minimum atomic E-state index is -0.198. The molecule has 0 bridgehead atoms. The summed E-state index contributed by atoms with van der Waals surface area (Å²) in [5, 5.41) is 7.44. The van der Waals surface area contributed by atoms with Crippen molar-refractivity contribution in [3.63, 3.8) is 0 Å². The van der Waals surface area contributed by atoms with Crippen LogP contribution in [0.15, 0.2) is 59.5 Å². The minimum Gasteiger partial charge on any atom is -0.354 e.